The maximum absolute atomic E-state index is 11.3. The molecule has 0 radical (unpaired) electrons. The molecule has 125 heavy (non-hydrogen) atoms. The fraction of sp³-hybridized carbons (Fsp3) is 0.580. The Bertz CT molecular complexity index is 4140. The van der Waals surface area contributed by atoms with E-state index >= 15 is 0 Å². The number of phenols is 1. The van der Waals surface area contributed by atoms with Crippen molar-refractivity contribution in [3.05, 3.63) is 174 Å². The molecule has 0 aromatic heterocycles. The van der Waals surface area contributed by atoms with Crippen molar-refractivity contribution in [2.75, 3.05) is 79.3 Å². The van der Waals surface area contributed by atoms with Gasteiger partial charge in [0, 0.05) is 54.6 Å². The minimum Gasteiger partial charge on any atom is -0.508 e. The first-order valence-corrected chi connectivity index (χ1v) is 43.8. The molecule has 25 heteroatoms. The molecule has 12 atom stereocenters. The zero-order valence-corrected chi connectivity index (χ0v) is 77.6. The highest BCUT2D eigenvalue weighted by Gasteiger charge is 2.49. The quantitative estimate of drug-likeness (QED) is 0.0384. The van der Waals surface area contributed by atoms with Crippen LogP contribution in [0.2, 0.25) is 0 Å². The van der Waals surface area contributed by atoms with E-state index < -0.39 is 108 Å². The van der Waals surface area contributed by atoms with Gasteiger partial charge >= 0.3 is 0 Å². The largest absolute Gasteiger partial charge is 0.508 e. The molecule has 6 saturated heterocycles. The van der Waals surface area contributed by atoms with Crippen LogP contribution in [0.3, 0.4) is 0 Å². The van der Waals surface area contributed by atoms with Gasteiger partial charge in [0.15, 0.2) is 34.7 Å². The summed E-state index contributed by atoms with van der Waals surface area (Å²) in [5.74, 6) is 0.279. The highest BCUT2D eigenvalue weighted by atomic mass is 16.8. The summed E-state index contributed by atoms with van der Waals surface area (Å²) in [6.07, 6.45) is -6.53. The third-order valence-corrected chi connectivity index (χ3v) is 22.1. The van der Waals surface area contributed by atoms with Crippen molar-refractivity contribution in [1.29, 1.82) is 0 Å². The number of phenolic OH excluding ortho intramolecular Hbond substituents is 1. The fourth-order valence-corrected chi connectivity index (χ4v) is 15.8. The third kappa shape index (κ3) is 26.8. The van der Waals surface area contributed by atoms with Gasteiger partial charge in [0.1, 0.15) is 227 Å². The van der Waals surface area contributed by atoms with Crippen LogP contribution in [0.15, 0.2) is 152 Å². The van der Waals surface area contributed by atoms with Gasteiger partial charge in [0.25, 0.3) is 0 Å². The predicted molar refractivity (Wildman–Crippen MR) is 470 cm³/mol. The van der Waals surface area contributed by atoms with Crippen molar-refractivity contribution >= 4 is 0 Å². The monoisotopic (exact) mass is 1730 g/mol. The van der Waals surface area contributed by atoms with Gasteiger partial charge in [-0.15, -0.1) is 0 Å². The minimum absolute atomic E-state index is 0.00224. The fourth-order valence-electron chi connectivity index (χ4n) is 15.8. The first-order chi connectivity index (χ1) is 58.6. The zero-order valence-electron chi connectivity index (χ0n) is 77.6. The molecule has 13 rings (SSSR count). The molecule has 25 nitrogen and oxygen atoms in total. The number of benzene rings is 7. The average molecular weight is 1740 g/mol. The Morgan fingerprint density at radius 3 is 0.424 bits per heavy atom. The molecule has 6 aliphatic rings. The van der Waals surface area contributed by atoms with Crippen molar-refractivity contribution in [3.8, 4) is 74.7 Å². The summed E-state index contributed by atoms with van der Waals surface area (Å²) in [7, 11) is 0. The molecule has 6 fully saturated rings. The van der Waals surface area contributed by atoms with E-state index in [1.807, 2.05) is 132 Å². The maximum Gasteiger partial charge on any atom is 0.164 e. The van der Waals surface area contributed by atoms with E-state index in [1.54, 1.807) is 42.5 Å². The van der Waals surface area contributed by atoms with Gasteiger partial charge in [-0.2, -0.15) is 0 Å². The Labute approximate surface area is 738 Å². The van der Waals surface area contributed by atoms with Crippen molar-refractivity contribution < 1.29 is 119 Å². The number of hydrogen-bond donors (Lipinski definition) is 1. The second kappa shape index (κ2) is 38.0. The van der Waals surface area contributed by atoms with E-state index in [-0.39, 0.29) is 107 Å². The molecule has 0 unspecified atom stereocenters. The number of hydrogen-bond acceptors (Lipinski definition) is 25. The summed E-state index contributed by atoms with van der Waals surface area (Å²) in [5.41, 5.74) is 4.79. The van der Waals surface area contributed by atoms with E-state index in [0.717, 1.165) is 23.0 Å². The van der Waals surface area contributed by atoms with Crippen LogP contribution in [-0.2, 0) is 78.5 Å². The first kappa shape index (κ1) is 94.1. The van der Waals surface area contributed by atoms with Crippen molar-refractivity contribution in [2.24, 2.45) is 0 Å². The second-order valence-electron chi connectivity index (χ2n) is 40.0. The molecule has 0 spiro atoms. The Morgan fingerprint density at radius 2 is 0.304 bits per heavy atom. The normalized spacial score (nSPS) is 25.4. The van der Waals surface area contributed by atoms with Gasteiger partial charge in [-0.25, -0.2) is 0 Å². The van der Waals surface area contributed by atoms with Gasteiger partial charge in [-0.3, -0.25) is 0 Å². The standard InChI is InChI=1S/C100H134O25/c1-91(2,3)62-25-33-67(34-26-62)102-50-79-85(120-95(13,14)114-79)56-108-73-44-74(109-57-86-80(115-96(15,16)121-86)51-103-68-35-27-63(28-36-68)92(4,5)6)47-77(46-73)112-60-89-83(118-99(21,22)124-89)54-106-71-41-66(101)42-72(43-71)107-55-84-90(125-100(23,24)119-84)61-113-78-48-75(110-58-87-81(116-97(17,18)122-87)52-104-69-37-29-64(30-38-69)93(7,8)9)45-76(49-78)111-59-88-82(117-98(19,20)123-88)53-105-70-39-31-65(32-40-70)94(10,11)12/h25-49,79-90,101H,50-61H2,1-24H3/t79-,80-,81-,82-,83+,84+,85-,86-,87-,88-,89+,90+/m0/s1. The first-order valence-electron chi connectivity index (χ1n) is 43.8. The number of ether oxygens (including phenoxy) is 24. The van der Waals surface area contributed by atoms with Gasteiger partial charge < -0.3 is 119 Å². The summed E-state index contributed by atoms with van der Waals surface area (Å²) in [6.45, 7) is 49.8. The van der Waals surface area contributed by atoms with E-state index in [2.05, 4.69) is 132 Å². The Kier molecular flexibility index (Phi) is 28.6. The lowest BCUT2D eigenvalue weighted by Crippen LogP contribution is -2.34. The molecule has 6 heterocycles. The molecule has 1 N–H and O–H groups in total. The summed E-state index contributed by atoms with van der Waals surface area (Å²) < 4.78 is 155. The lowest BCUT2D eigenvalue weighted by Gasteiger charge is -2.22. The van der Waals surface area contributed by atoms with Crippen LogP contribution in [0.1, 0.15) is 188 Å². The van der Waals surface area contributed by atoms with Gasteiger partial charge in [0.2, 0.25) is 0 Å². The van der Waals surface area contributed by atoms with E-state index in [0.29, 0.717) is 46.0 Å². The minimum atomic E-state index is -1.03. The molecule has 7 aromatic carbocycles. The molecule has 0 saturated carbocycles. The van der Waals surface area contributed by atoms with Crippen LogP contribution in [0, 0.1) is 0 Å². The van der Waals surface area contributed by atoms with Crippen LogP contribution in [0.25, 0.3) is 0 Å². The van der Waals surface area contributed by atoms with Crippen LogP contribution in [-0.4, -0.2) is 192 Å². The average Bonchev–Trinajstić information content (AvgIpc) is 0.952. The van der Waals surface area contributed by atoms with Crippen molar-refractivity contribution in [1.82, 2.24) is 0 Å². The van der Waals surface area contributed by atoms with Crippen LogP contribution < -0.4 is 56.8 Å². The van der Waals surface area contributed by atoms with Gasteiger partial charge in [0.05, 0.1) is 0 Å². The van der Waals surface area contributed by atoms with E-state index in [4.69, 9.17) is 114 Å². The highest BCUT2D eigenvalue weighted by Crippen LogP contribution is 2.42. The topological polar surface area (TPSA) is 242 Å². The lowest BCUT2D eigenvalue weighted by molar-refractivity contribution is -0.150. The smallest absolute Gasteiger partial charge is 0.164 e. The predicted octanol–water partition coefficient (Wildman–Crippen LogP) is 18.4. The highest BCUT2D eigenvalue weighted by molar-refractivity contribution is 5.45. The molecule has 0 aliphatic carbocycles. The molecular weight excluding hydrogens is 1600 g/mol. The summed E-state index contributed by atoms with van der Waals surface area (Å²) in [6, 6.07) is 47.9. The van der Waals surface area contributed by atoms with Crippen LogP contribution in [0.5, 0.6) is 74.7 Å². The van der Waals surface area contributed by atoms with Crippen molar-refractivity contribution in [3.63, 3.8) is 0 Å². The number of aromatic hydroxyl groups is 1. The third-order valence-electron chi connectivity index (χ3n) is 22.1. The summed E-state index contributed by atoms with van der Waals surface area (Å²) >= 11 is 0. The molecular formula is C100H134O25. The van der Waals surface area contributed by atoms with E-state index in [1.165, 1.54) is 34.4 Å². The van der Waals surface area contributed by atoms with Gasteiger partial charge in [-0.05, 0) is 176 Å². The molecule has 6 aliphatic heterocycles. The summed E-state index contributed by atoms with van der Waals surface area (Å²) in [5, 5.41) is 11.3. The maximum atomic E-state index is 11.3. The van der Waals surface area contributed by atoms with Crippen LogP contribution >= 0.6 is 0 Å². The molecule has 0 bridgehead atoms. The van der Waals surface area contributed by atoms with Crippen molar-refractivity contribution in [2.45, 2.75) is 296 Å². The van der Waals surface area contributed by atoms with E-state index in [9.17, 15) is 5.11 Å². The lowest BCUT2D eigenvalue weighted by atomic mass is 9.87. The second-order valence-corrected chi connectivity index (χ2v) is 40.0. The SMILES string of the molecule is CC1(C)O[C@@H](COc2ccc(C(C)(C)C)cc2)[C@H](COc2cc(OC[C@@H]3OC(C)(C)O[C@H]3COc3ccc(C(C)(C)C)cc3)cc(OC[C@H]3OC(C)(C)O[C@@H]3COc3cc(O)cc(OC[C@H]4OC(C)(C)O[C@@H]4COc4cc(OC[C@@H]5OC(C)(C)O[C@H]5COc5ccc(C(C)(C)C)cc5)cc(OC[C@@H]5OC(C)(C)O[C@H]5COc5ccc(C(C)(C)C)cc5)c4)c3)c2)O1. The number of rotatable bonds is 36. The Balaban J connectivity index is 0.662. The molecule has 0 amide bonds. The molecule has 684 valence electrons. The Hall–Kier alpha value is -8.54. The Morgan fingerprint density at radius 1 is 0.192 bits per heavy atom. The van der Waals surface area contributed by atoms with Gasteiger partial charge in [-0.1, -0.05) is 132 Å². The zero-order chi connectivity index (χ0) is 89.9. The summed E-state index contributed by atoms with van der Waals surface area (Å²) in [4.78, 5) is 0. The molecule has 7 aromatic rings. The van der Waals surface area contributed by atoms with Crippen LogP contribution in [0.4, 0.5) is 0 Å².